The van der Waals surface area contributed by atoms with E-state index in [1.54, 1.807) is 11.3 Å². The normalized spacial score (nSPS) is 15.1. The average Bonchev–Trinajstić information content (AvgIpc) is 3.10. The van der Waals surface area contributed by atoms with Gasteiger partial charge in [-0.3, -0.25) is 4.79 Å². The third-order valence-electron chi connectivity index (χ3n) is 3.66. The summed E-state index contributed by atoms with van der Waals surface area (Å²) in [5, 5.41) is 3.01. The highest BCUT2D eigenvalue weighted by Crippen LogP contribution is 2.18. The molecular formula is C16H19N3O2S. The SMILES string of the molecule is O=C(COCc1ccccc1)N1CCN(c2nccs2)CC1. The lowest BCUT2D eigenvalue weighted by atomic mass is 10.2. The summed E-state index contributed by atoms with van der Waals surface area (Å²) in [7, 11) is 0. The fraction of sp³-hybridized carbons (Fsp3) is 0.375. The van der Waals surface area contributed by atoms with Crippen LogP contribution in [0.15, 0.2) is 41.9 Å². The Balaban J connectivity index is 1.40. The molecule has 1 fully saturated rings. The second-order valence-corrected chi connectivity index (χ2v) is 6.03. The largest absolute Gasteiger partial charge is 0.367 e. The number of anilines is 1. The van der Waals surface area contributed by atoms with E-state index in [1.165, 1.54) is 0 Å². The summed E-state index contributed by atoms with van der Waals surface area (Å²) in [4.78, 5) is 20.6. The molecule has 0 radical (unpaired) electrons. The average molecular weight is 317 g/mol. The highest BCUT2D eigenvalue weighted by molar-refractivity contribution is 7.13. The van der Waals surface area contributed by atoms with E-state index < -0.39 is 0 Å². The van der Waals surface area contributed by atoms with E-state index in [0.717, 1.165) is 36.9 Å². The number of nitrogens with zero attached hydrogens (tertiary/aromatic N) is 3. The van der Waals surface area contributed by atoms with Crippen LogP contribution in [0, 0.1) is 0 Å². The molecule has 1 aromatic heterocycles. The molecule has 0 aliphatic carbocycles. The zero-order valence-corrected chi connectivity index (χ0v) is 13.2. The topological polar surface area (TPSA) is 45.7 Å². The number of carbonyl (C=O) groups is 1. The summed E-state index contributed by atoms with van der Waals surface area (Å²) in [6, 6.07) is 9.90. The van der Waals surface area contributed by atoms with Crippen molar-refractivity contribution in [2.45, 2.75) is 6.61 Å². The number of carbonyl (C=O) groups excluding carboxylic acids is 1. The predicted octanol–water partition coefficient (Wildman–Crippen LogP) is 2.01. The number of ether oxygens (including phenoxy) is 1. The Labute approximate surface area is 134 Å². The fourth-order valence-electron chi connectivity index (χ4n) is 2.44. The van der Waals surface area contributed by atoms with Crippen LogP contribution >= 0.6 is 11.3 Å². The van der Waals surface area contributed by atoms with Gasteiger partial charge < -0.3 is 14.5 Å². The zero-order valence-electron chi connectivity index (χ0n) is 12.4. The quantitative estimate of drug-likeness (QED) is 0.846. The molecular weight excluding hydrogens is 298 g/mol. The van der Waals surface area contributed by atoms with Crippen LogP contribution in [0.2, 0.25) is 0 Å². The first-order chi connectivity index (χ1) is 10.8. The van der Waals surface area contributed by atoms with Crippen LogP contribution in [0.3, 0.4) is 0 Å². The molecule has 0 atom stereocenters. The molecule has 1 aromatic carbocycles. The Morgan fingerprint density at radius 3 is 2.64 bits per heavy atom. The van der Waals surface area contributed by atoms with E-state index in [1.807, 2.05) is 46.8 Å². The first-order valence-corrected chi connectivity index (χ1v) is 8.25. The molecule has 1 aliphatic heterocycles. The molecule has 2 aromatic rings. The maximum absolute atomic E-state index is 12.2. The lowest BCUT2D eigenvalue weighted by Gasteiger charge is -2.34. The summed E-state index contributed by atoms with van der Waals surface area (Å²) < 4.78 is 5.52. The molecule has 6 heteroatoms. The minimum atomic E-state index is 0.0646. The van der Waals surface area contributed by atoms with Gasteiger partial charge in [0.2, 0.25) is 5.91 Å². The molecule has 1 saturated heterocycles. The monoisotopic (exact) mass is 317 g/mol. The number of hydrogen-bond donors (Lipinski definition) is 0. The second kappa shape index (κ2) is 7.38. The molecule has 2 heterocycles. The predicted molar refractivity (Wildman–Crippen MR) is 87.0 cm³/mol. The van der Waals surface area contributed by atoms with Gasteiger partial charge in [0.1, 0.15) is 6.61 Å². The van der Waals surface area contributed by atoms with E-state index in [2.05, 4.69) is 9.88 Å². The van der Waals surface area contributed by atoms with Crippen LogP contribution in [0.4, 0.5) is 5.13 Å². The number of benzene rings is 1. The van der Waals surface area contributed by atoms with Crippen LogP contribution in [-0.2, 0) is 16.1 Å². The molecule has 22 heavy (non-hydrogen) atoms. The van der Waals surface area contributed by atoms with Crippen molar-refractivity contribution in [2.24, 2.45) is 0 Å². The minimum Gasteiger partial charge on any atom is -0.367 e. The Hall–Kier alpha value is -1.92. The molecule has 116 valence electrons. The number of amides is 1. The van der Waals surface area contributed by atoms with E-state index in [-0.39, 0.29) is 12.5 Å². The van der Waals surface area contributed by atoms with Gasteiger partial charge in [-0.1, -0.05) is 30.3 Å². The van der Waals surface area contributed by atoms with Crippen molar-refractivity contribution in [1.82, 2.24) is 9.88 Å². The van der Waals surface area contributed by atoms with Crippen molar-refractivity contribution in [1.29, 1.82) is 0 Å². The van der Waals surface area contributed by atoms with Gasteiger partial charge >= 0.3 is 0 Å². The second-order valence-electron chi connectivity index (χ2n) is 5.16. The number of aromatic nitrogens is 1. The zero-order chi connectivity index (χ0) is 15.2. The summed E-state index contributed by atoms with van der Waals surface area (Å²) in [6.45, 7) is 3.74. The van der Waals surface area contributed by atoms with E-state index in [4.69, 9.17) is 4.74 Å². The van der Waals surface area contributed by atoms with Crippen LogP contribution in [0.25, 0.3) is 0 Å². The van der Waals surface area contributed by atoms with Gasteiger partial charge in [0.25, 0.3) is 0 Å². The molecule has 0 saturated carbocycles. The smallest absolute Gasteiger partial charge is 0.248 e. The Morgan fingerprint density at radius 1 is 1.18 bits per heavy atom. The molecule has 1 amide bonds. The standard InChI is InChI=1S/C16H19N3O2S/c20-15(13-21-12-14-4-2-1-3-5-14)18-7-9-19(10-8-18)16-17-6-11-22-16/h1-6,11H,7-10,12-13H2. The lowest BCUT2D eigenvalue weighted by Crippen LogP contribution is -2.49. The molecule has 5 nitrogen and oxygen atoms in total. The molecule has 0 bridgehead atoms. The number of rotatable bonds is 5. The third-order valence-corrected chi connectivity index (χ3v) is 4.49. The van der Waals surface area contributed by atoms with Gasteiger partial charge in [0.05, 0.1) is 6.61 Å². The van der Waals surface area contributed by atoms with Gasteiger partial charge in [0, 0.05) is 37.8 Å². The van der Waals surface area contributed by atoms with E-state index in [0.29, 0.717) is 6.61 Å². The first-order valence-electron chi connectivity index (χ1n) is 7.37. The van der Waals surface area contributed by atoms with Crippen LogP contribution in [0.1, 0.15) is 5.56 Å². The molecule has 0 unspecified atom stereocenters. The number of hydrogen-bond acceptors (Lipinski definition) is 5. The summed E-state index contributed by atoms with van der Waals surface area (Å²) in [5.74, 6) is 0.0646. The maximum atomic E-state index is 12.2. The van der Waals surface area contributed by atoms with E-state index in [9.17, 15) is 4.79 Å². The van der Waals surface area contributed by atoms with Crippen molar-refractivity contribution in [3.63, 3.8) is 0 Å². The number of piperazine rings is 1. The highest BCUT2D eigenvalue weighted by atomic mass is 32.1. The molecule has 1 aliphatic rings. The summed E-state index contributed by atoms with van der Waals surface area (Å²) in [6.07, 6.45) is 1.81. The number of thiazole rings is 1. The van der Waals surface area contributed by atoms with Crippen molar-refractivity contribution in [2.75, 3.05) is 37.7 Å². The van der Waals surface area contributed by atoms with Crippen molar-refractivity contribution in [3.05, 3.63) is 47.5 Å². The third kappa shape index (κ3) is 3.84. The summed E-state index contributed by atoms with van der Waals surface area (Å²) in [5.41, 5.74) is 1.09. The Morgan fingerprint density at radius 2 is 1.95 bits per heavy atom. The molecule has 0 N–H and O–H groups in total. The van der Waals surface area contributed by atoms with E-state index >= 15 is 0 Å². The van der Waals surface area contributed by atoms with Gasteiger partial charge in [-0.25, -0.2) is 4.98 Å². The molecule has 0 spiro atoms. The lowest BCUT2D eigenvalue weighted by molar-refractivity contribution is -0.136. The van der Waals surface area contributed by atoms with Crippen molar-refractivity contribution < 1.29 is 9.53 Å². The van der Waals surface area contributed by atoms with Crippen LogP contribution in [0.5, 0.6) is 0 Å². The van der Waals surface area contributed by atoms with Crippen molar-refractivity contribution >= 4 is 22.4 Å². The van der Waals surface area contributed by atoms with Crippen LogP contribution in [-0.4, -0.2) is 48.6 Å². The van der Waals surface area contributed by atoms with Gasteiger partial charge in [-0.15, -0.1) is 11.3 Å². The Kier molecular flexibility index (Phi) is 5.03. The Bertz CT molecular complexity index is 581. The van der Waals surface area contributed by atoms with Crippen LogP contribution < -0.4 is 4.90 Å². The summed E-state index contributed by atoms with van der Waals surface area (Å²) >= 11 is 1.64. The van der Waals surface area contributed by atoms with Gasteiger partial charge in [-0.2, -0.15) is 0 Å². The molecule has 3 rings (SSSR count). The van der Waals surface area contributed by atoms with Gasteiger partial charge in [-0.05, 0) is 5.56 Å². The first kappa shape index (κ1) is 15.0. The maximum Gasteiger partial charge on any atom is 0.248 e. The highest BCUT2D eigenvalue weighted by Gasteiger charge is 2.22. The van der Waals surface area contributed by atoms with Crippen molar-refractivity contribution in [3.8, 4) is 0 Å². The van der Waals surface area contributed by atoms with Gasteiger partial charge in [0.15, 0.2) is 5.13 Å². The minimum absolute atomic E-state index is 0.0646. The fourth-order valence-corrected chi connectivity index (χ4v) is 3.14.